The van der Waals surface area contributed by atoms with Gasteiger partial charge in [-0.2, -0.15) is 0 Å². The number of ether oxygens (including phenoxy) is 1. The monoisotopic (exact) mass is 493 g/mol. The van der Waals surface area contributed by atoms with E-state index in [0.717, 1.165) is 38.1 Å². The maximum absolute atomic E-state index is 13.7. The average molecular weight is 494 g/mol. The van der Waals surface area contributed by atoms with Gasteiger partial charge < -0.3 is 9.30 Å². The molecule has 7 heteroatoms. The molecule has 176 valence electrons. The smallest absolute Gasteiger partial charge is 0.226 e. The minimum absolute atomic E-state index is 0.143. The first-order chi connectivity index (χ1) is 17.6. The van der Waals surface area contributed by atoms with Gasteiger partial charge in [-0.1, -0.05) is 60.7 Å². The number of halogens is 1. The van der Waals surface area contributed by atoms with Crippen LogP contribution >= 0.6 is 11.3 Å². The number of ketones is 1. The largest absolute Gasteiger partial charge is 0.469 e. The number of hydrogen-bond donors (Lipinski definition) is 0. The Bertz CT molecular complexity index is 1720. The third kappa shape index (κ3) is 3.74. The summed E-state index contributed by atoms with van der Waals surface area (Å²) in [5, 5.41) is 3.53. The Kier molecular flexibility index (Phi) is 5.54. The van der Waals surface area contributed by atoms with Gasteiger partial charge in [0.25, 0.3) is 0 Å². The molecule has 0 aliphatic carbocycles. The molecule has 0 spiro atoms. The molecule has 36 heavy (non-hydrogen) atoms. The molecular formula is C29H20FN3O2S. The summed E-state index contributed by atoms with van der Waals surface area (Å²) in [4.78, 5) is 23.1. The van der Waals surface area contributed by atoms with Crippen LogP contribution in [0.15, 0.2) is 90.6 Å². The molecule has 0 aliphatic heterocycles. The first-order valence-corrected chi connectivity index (χ1v) is 12.3. The summed E-state index contributed by atoms with van der Waals surface area (Å²) in [7, 11) is 1.97. The number of nitrogens with zero attached hydrogens (tertiary/aromatic N) is 3. The summed E-state index contributed by atoms with van der Waals surface area (Å²) >= 11 is 1.45. The van der Waals surface area contributed by atoms with E-state index in [0.29, 0.717) is 16.8 Å². The van der Waals surface area contributed by atoms with E-state index in [9.17, 15) is 9.18 Å². The lowest BCUT2D eigenvalue weighted by Crippen LogP contribution is -2.13. The molecular weight excluding hydrogens is 473 g/mol. The minimum Gasteiger partial charge on any atom is -0.469 e. The lowest BCUT2D eigenvalue weighted by atomic mass is 10.0. The van der Waals surface area contributed by atoms with E-state index in [2.05, 4.69) is 9.97 Å². The number of thiophene rings is 1. The first kappa shape index (κ1) is 22.1. The second kappa shape index (κ2) is 9.02. The van der Waals surface area contributed by atoms with Crippen LogP contribution in [0.3, 0.4) is 0 Å². The van der Waals surface area contributed by atoms with Gasteiger partial charge in [-0.3, -0.25) is 4.79 Å². The van der Waals surface area contributed by atoms with Gasteiger partial charge >= 0.3 is 0 Å². The van der Waals surface area contributed by atoms with Crippen LogP contribution in [0.2, 0.25) is 0 Å². The van der Waals surface area contributed by atoms with Gasteiger partial charge in [-0.25, -0.2) is 14.4 Å². The number of carbonyl (C=O) groups excluding carboxylic acids is 1. The molecule has 5 nitrogen and oxygen atoms in total. The molecule has 0 saturated carbocycles. The van der Waals surface area contributed by atoms with Gasteiger partial charge in [0, 0.05) is 28.9 Å². The molecule has 6 aromatic rings. The van der Waals surface area contributed by atoms with Gasteiger partial charge in [0.2, 0.25) is 11.7 Å². The summed E-state index contributed by atoms with van der Waals surface area (Å²) < 4.78 is 21.6. The Morgan fingerprint density at radius 2 is 1.69 bits per heavy atom. The van der Waals surface area contributed by atoms with E-state index < -0.39 is 0 Å². The highest BCUT2D eigenvalue weighted by Gasteiger charge is 2.23. The Morgan fingerprint density at radius 1 is 0.944 bits per heavy atom. The maximum atomic E-state index is 13.7. The van der Waals surface area contributed by atoms with Crippen LogP contribution in [-0.4, -0.2) is 26.9 Å². The first-order valence-electron chi connectivity index (χ1n) is 11.4. The molecule has 0 atom stereocenters. The Labute approximate surface area is 210 Å². The zero-order valence-electron chi connectivity index (χ0n) is 19.3. The second-order valence-corrected chi connectivity index (χ2v) is 9.25. The van der Waals surface area contributed by atoms with Crippen LogP contribution in [0, 0.1) is 5.82 Å². The van der Waals surface area contributed by atoms with Crippen molar-refractivity contribution >= 4 is 38.2 Å². The van der Waals surface area contributed by atoms with Gasteiger partial charge in [-0.15, -0.1) is 11.3 Å². The number of aryl methyl sites for hydroxylation is 1. The number of aromatic nitrogens is 3. The molecule has 0 fully saturated rings. The molecule has 0 N–H and O–H groups in total. The van der Waals surface area contributed by atoms with Crippen LogP contribution < -0.4 is 4.74 Å². The van der Waals surface area contributed by atoms with Crippen LogP contribution in [0.4, 0.5) is 4.39 Å². The van der Waals surface area contributed by atoms with Crippen molar-refractivity contribution in [1.82, 2.24) is 14.5 Å². The van der Waals surface area contributed by atoms with Gasteiger partial charge in [-0.05, 0) is 29.3 Å². The van der Waals surface area contributed by atoms with Crippen LogP contribution in [0.25, 0.3) is 43.5 Å². The highest BCUT2D eigenvalue weighted by Crippen LogP contribution is 2.38. The standard InChI is InChI=1S/C29H20FN3O2S/c1-33-23-10-6-5-9-21(23)25(27(33)19-7-3-2-4-8-19)24(34)15-35-28-26-22(16-36-29(26)32-17-31-28)18-11-13-20(30)14-12-18/h2-14,16-17H,15H2,1H3. The van der Waals surface area contributed by atoms with Crippen molar-refractivity contribution in [2.24, 2.45) is 7.05 Å². The summed E-state index contributed by atoms with van der Waals surface area (Å²) in [6.45, 7) is -0.182. The predicted octanol–water partition coefficient (Wildman–Crippen LogP) is 6.92. The Balaban J connectivity index is 1.39. The SMILES string of the molecule is Cn1c(-c2ccccc2)c(C(=O)COc2ncnc3scc(-c4ccc(F)cc4)c23)c2ccccc21. The molecule has 3 aromatic carbocycles. The molecule has 6 rings (SSSR count). The highest BCUT2D eigenvalue weighted by molar-refractivity contribution is 7.17. The zero-order chi connectivity index (χ0) is 24.6. The number of carbonyl (C=O) groups is 1. The number of Topliss-reactive ketones (excluding diaryl/α,β-unsaturated/α-hetero) is 1. The third-order valence-electron chi connectivity index (χ3n) is 6.26. The van der Waals surface area contributed by atoms with Crippen molar-refractivity contribution in [3.8, 4) is 28.3 Å². The molecule has 0 radical (unpaired) electrons. The fraction of sp³-hybridized carbons (Fsp3) is 0.0690. The molecule has 3 heterocycles. The summed E-state index contributed by atoms with van der Waals surface area (Å²) in [6, 6.07) is 24.0. The van der Waals surface area contributed by atoms with E-state index in [-0.39, 0.29) is 18.2 Å². The lowest BCUT2D eigenvalue weighted by molar-refractivity contribution is 0.0921. The minimum atomic E-state index is -0.305. The number of hydrogen-bond acceptors (Lipinski definition) is 5. The van der Waals surface area contributed by atoms with Crippen LogP contribution in [0.1, 0.15) is 10.4 Å². The van der Waals surface area contributed by atoms with Gasteiger partial charge in [0.15, 0.2) is 6.61 Å². The average Bonchev–Trinajstić information content (AvgIpc) is 3.48. The molecule has 0 unspecified atom stereocenters. The molecule has 0 bridgehead atoms. The van der Waals surface area contributed by atoms with Gasteiger partial charge in [0.1, 0.15) is 17.0 Å². The third-order valence-corrected chi connectivity index (χ3v) is 7.15. The fourth-order valence-corrected chi connectivity index (χ4v) is 5.52. The Hall–Kier alpha value is -4.36. The van der Waals surface area contributed by atoms with Crippen molar-refractivity contribution in [1.29, 1.82) is 0 Å². The van der Waals surface area contributed by atoms with Crippen molar-refractivity contribution in [3.05, 3.63) is 102 Å². The number of fused-ring (bicyclic) bond motifs is 2. The lowest BCUT2D eigenvalue weighted by Gasteiger charge is -2.10. The van der Waals surface area contributed by atoms with Crippen LogP contribution in [-0.2, 0) is 7.05 Å². The van der Waals surface area contributed by atoms with E-state index in [1.54, 1.807) is 12.1 Å². The van der Waals surface area contributed by atoms with Crippen LogP contribution in [0.5, 0.6) is 5.88 Å². The quantitative estimate of drug-likeness (QED) is 0.236. The molecule has 0 aliphatic rings. The summed E-state index contributed by atoms with van der Waals surface area (Å²) in [6.07, 6.45) is 1.43. The number of benzene rings is 3. The summed E-state index contributed by atoms with van der Waals surface area (Å²) in [5.74, 6) is -0.118. The van der Waals surface area contributed by atoms with E-state index in [1.165, 1.54) is 29.8 Å². The normalized spacial score (nSPS) is 11.3. The van der Waals surface area contributed by atoms with Crippen molar-refractivity contribution in [3.63, 3.8) is 0 Å². The maximum Gasteiger partial charge on any atom is 0.226 e. The zero-order valence-corrected chi connectivity index (χ0v) is 20.1. The number of rotatable bonds is 6. The molecule has 3 aromatic heterocycles. The molecule has 0 saturated heterocycles. The van der Waals surface area contributed by atoms with Crippen molar-refractivity contribution in [2.45, 2.75) is 0 Å². The van der Waals surface area contributed by atoms with Crippen molar-refractivity contribution < 1.29 is 13.9 Å². The molecule has 0 amide bonds. The summed E-state index contributed by atoms with van der Waals surface area (Å²) in [5.41, 5.74) is 5.07. The van der Waals surface area contributed by atoms with E-state index in [4.69, 9.17) is 4.74 Å². The van der Waals surface area contributed by atoms with Gasteiger partial charge in [0.05, 0.1) is 16.6 Å². The number of para-hydroxylation sites is 1. The Morgan fingerprint density at radius 3 is 2.50 bits per heavy atom. The second-order valence-electron chi connectivity index (χ2n) is 8.39. The fourth-order valence-electron chi connectivity index (χ4n) is 4.61. The van der Waals surface area contributed by atoms with Crippen molar-refractivity contribution in [2.75, 3.05) is 6.61 Å². The topological polar surface area (TPSA) is 57.0 Å². The van der Waals surface area contributed by atoms with E-state index in [1.807, 2.05) is 71.6 Å². The van der Waals surface area contributed by atoms with E-state index >= 15 is 0 Å². The predicted molar refractivity (Wildman–Crippen MR) is 141 cm³/mol. The highest BCUT2D eigenvalue weighted by atomic mass is 32.1.